The lowest BCUT2D eigenvalue weighted by Crippen LogP contribution is -2.43. The number of carbonyl (C=O) groups is 3. The molecular formula is C17H23N3O5. The lowest BCUT2D eigenvalue weighted by atomic mass is 10.2. The minimum Gasteiger partial charge on any atom is -0.461 e. The summed E-state index contributed by atoms with van der Waals surface area (Å²) in [7, 11) is 0. The van der Waals surface area contributed by atoms with E-state index in [4.69, 9.17) is 15.2 Å². The first-order chi connectivity index (χ1) is 11.9. The zero-order valence-corrected chi connectivity index (χ0v) is 14.5. The van der Waals surface area contributed by atoms with Crippen molar-refractivity contribution in [2.75, 3.05) is 13.2 Å². The van der Waals surface area contributed by atoms with Crippen LogP contribution in [0, 0.1) is 0 Å². The molecule has 2 aliphatic rings. The van der Waals surface area contributed by atoms with Gasteiger partial charge in [0.2, 0.25) is 0 Å². The first-order valence-electron chi connectivity index (χ1n) is 8.51. The standard InChI is InChI=1S/C17H23N3O5/c1-10(2)25-17(23)12-4-3-5-20(12)16(22)13-8-11(15(18)21)14-9-24-7-6-19(13)14/h8,10,12H,3-7,9H2,1-2H3,(H2,18,21)/t12-/m1/s1. The Morgan fingerprint density at radius 1 is 1.32 bits per heavy atom. The predicted molar refractivity (Wildman–Crippen MR) is 87.9 cm³/mol. The number of hydrogen-bond acceptors (Lipinski definition) is 5. The van der Waals surface area contributed by atoms with Gasteiger partial charge in [0.1, 0.15) is 11.7 Å². The maximum Gasteiger partial charge on any atom is 0.329 e. The summed E-state index contributed by atoms with van der Waals surface area (Å²) in [6.45, 7) is 5.21. The van der Waals surface area contributed by atoms with Crippen LogP contribution in [0.4, 0.5) is 0 Å². The summed E-state index contributed by atoms with van der Waals surface area (Å²) >= 11 is 0. The molecule has 1 aromatic heterocycles. The number of carbonyl (C=O) groups excluding carboxylic acids is 3. The largest absolute Gasteiger partial charge is 0.461 e. The van der Waals surface area contributed by atoms with Crippen molar-refractivity contribution in [2.45, 2.75) is 52.0 Å². The van der Waals surface area contributed by atoms with E-state index >= 15 is 0 Å². The number of ether oxygens (including phenoxy) is 2. The number of amides is 2. The summed E-state index contributed by atoms with van der Waals surface area (Å²) in [6, 6.07) is 0.926. The third-order valence-electron chi connectivity index (χ3n) is 4.53. The van der Waals surface area contributed by atoms with Gasteiger partial charge >= 0.3 is 5.97 Å². The molecule has 8 nitrogen and oxygen atoms in total. The second kappa shape index (κ2) is 6.87. The van der Waals surface area contributed by atoms with Gasteiger partial charge in [0.25, 0.3) is 11.8 Å². The van der Waals surface area contributed by atoms with Gasteiger partial charge in [-0.2, -0.15) is 0 Å². The van der Waals surface area contributed by atoms with Crippen LogP contribution in [0.25, 0.3) is 0 Å². The number of nitrogens with zero attached hydrogens (tertiary/aromatic N) is 2. The molecule has 3 rings (SSSR count). The highest BCUT2D eigenvalue weighted by atomic mass is 16.5. The average Bonchev–Trinajstić information content (AvgIpc) is 3.18. The number of hydrogen-bond donors (Lipinski definition) is 1. The van der Waals surface area contributed by atoms with Crippen molar-refractivity contribution >= 4 is 17.8 Å². The van der Waals surface area contributed by atoms with E-state index in [0.29, 0.717) is 43.1 Å². The molecule has 0 aromatic carbocycles. The molecule has 136 valence electrons. The molecule has 2 N–H and O–H groups in total. The minimum atomic E-state index is -0.592. The molecule has 1 fully saturated rings. The van der Waals surface area contributed by atoms with Crippen molar-refractivity contribution in [3.05, 3.63) is 23.0 Å². The molecule has 0 aliphatic carbocycles. The number of aromatic nitrogens is 1. The topological polar surface area (TPSA) is 104 Å². The predicted octanol–water partition coefficient (Wildman–Crippen LogP) is 0.673. The molecule has 1 saturated heterocycles. The summed E-state index contributed by atoms with van der Waals surface area (Å²) in [4.78, 5) is 38.6. The number of rotatable bonds is 4. The van der Waals surface area contributed by atoms with Crippen LogP contribution in [-0.2, 0) is 27.4 Å². The average molecular weight is 349 g/mol. The van der Waals surface area contributed by atoms with Gasteiger partial charge in [0.15, 0.2) is 0 Å². The highest BCUT2D eigenvalue weighted by Gasteiger charge is 2.38. The van der Waals surface area contributed by atoms with Gasteiger partial charge in [-0.15, -0.1) is 0 Å². The third-order valence-corrected chi connectivity index (χ3v) is 4.53. The fraction of sp³-hybridized carbons (Fsp3) is 0.588. The van der Waals surface area contributed by atoms with Crippen molar-refractivity contribution in [3.8, 4) is 0 Å². The maximum atomic E-state index is 13.1. The Morgan fingerprint density at radius 2 is 2.08 bits per heavy atom. The van der Waals surface area contributed by atoms with Crippen molar-refractivity contribution in [1.82, 2.24) is 9.47 Å². The highest BCUT2D eigenvalue weighted by Crippen LogP contribution is 2.26. The van der Waals surface area contributed by atoms with E-state index in [2.05, 4.69) is 0 Å². The van der Waals surface area contributed by atoms with E-state index in [1.165, 1.54) is 11.0 Å². The van der Waals surface area contributed by atoms with Gasteiger partial charge in [-0.25, -0.2) is 4.79 Å². The lowest BCUT2D eigenvalue weighted by molar-refractivity contribution is -0.152. The Kier molecular flexibility index (Phi) is 4.80. The Hall–Kier alpha value is -2.35. The molecule has 0 saturated carbocycles. The first-order valence-corrected chi connectivity index (χ1v) is 8.51. The maximum absolute atomic E-state index is 13.1. The Balaban J connectivity index is 1.90. The van der Waals surface area contributed by atoms with Gasteiger partial charge in [-0.3, -0.25) is 9.59 Å². The van der Waals surface area contributed by atoms with Crippen LogP contribution < -0.4 is 5.73 Å². The minimum absolute atomic E-state index is 0.232. The monoisotopic (exact) mass is 349 g/mol. The molecule has 25 heavy (non-hydrogen) atoms. The number of fused-ring (bicyclic) bond motifs is 1. The summed E-state index contributed by atoms with van der Waals surface area (Å²) < 4.78 is 12.4. The molecule has 2 aliphatic heterocycles. The zero-order chi connectivity index (χ0) is 18.1. The lowest BCUT2D eigenvalue weighted by Gasteiger charge is -2.25. The second-order valence-electron chi connectivity index (χ2n) is 6.60. The van der Waals surface area contributed by atoms with E-state index in [-0.39, 0.29) is 24.6 Å². The summed E-state index contributed by atoms with van der Waals surface area (Å²) in [6.07, 6.45) is 1.09. The molecule has 0 bridgehead atoms. The molecule has 3 heterocycles. The van der Waals surface area contributed by atoms with E-state index in [1.807, 2.05) is 0 Å². The molecule has 1 aromatic rings. The molecule has 1 atom stereocenters. The van der Waals surface area contributed by atoms with E-state index in [9.17, 15) is 14.4 Å². The molecule has 8 heteroatoms. The molecule has 0 unspecified atom stereocenters. The first kappa shape index (κ1) is 17.5. The van der Waals surface area contributed by atoms with Gasteiger partial charge in [-0.1, -0.05) is 0 Å². The molecule has 0 spiro atoms. The quantitative estimate of drug-likeness (QED) is 0.805. The van der Waals surface area contributed by atoms with Crippen LogP contribution in [0.15, 0.2) is 6.07 Å². The number of primary amides is 1. The van der Waals surface area contributed by atoms with Crippen molar-refractivity contribution in [1.29, 1.82) is 0 Å². The van der Waals surface area contributed by atoms with Crippen molar-refractivity contribution in [3.63, 3.8) is 0 Å². The Morgan fingerprint density at radius 3 is 2.76 bits per heavy atom. The molecule has 0 radical (unpaired) electrons. The van der Waals surface area contributed by atoms with Gasteiger partial charge in [-0.05, 0) is 32.8 Å². The van der Waals surface area contributed by atoms with Crippen LogP contribution in [0.5, 0.6) is 0 Å². The van der Waals surface area contributed by atoms with E-state index in [1.54, 1.807) is 18.4 Å². The summed E-state index contributed by atoms with van der Waals surface area (Å²) in [5, 5.41) is 0. The SMILES string of the molecule is CC(C)OC(=O)[C@H]1CCCN1C(=O)c1cc(C(N)=O)c2n1CCOC2. The van der Waals surface area contributed by atoms with Gasteiger partial charge in [0, 0.05) is 13.1 Å². The van der Waals surface area contributed by atoms with E-state index < -0.39 is 11.9 Å². The van der Waals surface area contributed by atoms with Crippen molar-refractivity contribution < 1.29 is 23.9 Å². The van der Waals surface area contributed by atoms with E-state index in [0.717, 1.165) is 6.42 Å². The summed E-state index contributed by atoms with van der Waals surface area (Å²) in [5.74, 6) is -1.26. The second-order valence-corrected chi connectivity index (χ2v) is 6.60. The van der Waals surface area contributed by atoms with Crippen LogP contribution in [0.2, 0.25) is 0 Å². The van der Waals surface area contributed by atoms with Crippen LogP contribution in [-0.4, -0.2) is 52.5 Å². The van der Waals surface area contributed by atoms with Crippen LogP contribution in [0.3, 0.4) is 0 Å². The van der Waals surface area contributed by atoms with Gasteiger partial charge in [0.05, 0.1) is 30.6 Å². The number of nitrogens with two attached hydrogens (primary N) is 1. The van der Waals surface area contributed by atoms with Crippen molar-refractivity contribution in [2.24, 2.45) is 5.73 Å². The normalized spacial score (nSPS) is 19.8. The molecular weight excluding hydrogens is 326 g/mol. The molecule has 2 amide bonds. The smallest absolute Gasteiger partial charge is 0.329 e. The van der Waals surface area contributed by atoms with Gasteiger partial charge < -0.3 is 24.7 Å². The third kappa shape index (κ3) is 3.26. The Labute approximate surface area is 145 Å². The van der Waals surface area contributed by atoms with Crippen LogP contribution >= 0.6 is 0 Å². The number of likely N-dealkylation sites (tertiary alicyclic amines) is 1. The number of esters is 1. The summed E-state index contributed by atoms with van der Waals surface area (Å²) in [5.41, 5.74) is 6.71. The fourth-order valence-electron chi connectivity index (χ4n) is 3.43. The zero-order valence-electron chi connectivity index (χ0n) is 14.5. The highest BCUT2D eigenvalue weighted by molar-refractivity contribution is 6.01. The Bertz CT molecular complexity index is 709. The van der Waals surface area contributed by atoms with Crippen LogP contribution in [0.1, 0.15) is 53.2 Å². The fourth-order valence-corrected chi connectivity index (χ4v) is 3.43.